The molecule has 0 aliphatic rings. The molecule has 0 unspecified atom stereocenters. The molecule has 136 valence electrons. The van der Waals surface area contributed by atoms with Crippen molar-refractivity contribution in [2.75, 3.05) is 26.6 Å². The number of anilines is 1. The number of aryl methyl sites for hydroxylation is 1. The van der Waals surface area contributed by atoms with Gasteiger partial charge in [0.2, 0.25) is 5.75 Å². The maximum absolute atomic E-state index is 12.7. The monoisotopic (exact) mass is 375 g/mol. The van der Waals surface area contributed by atoms with E-state index in [0.717, 1.165) is 0 Å². The van der Waals surface area contributed by atoms with E-state index < -0.39 is 5.91 Å². The Hall–Kier alpha value is -3.07. The number of carbonyl (C=O) groups excluding carboxylic acids is 1. The summed E-state index contributed by atoms with van der Waals surface area (Å²) in [7, 11) is 4.40. The number of amides is 1. The number of hydrogen-bond acceptors (Lipinski definition) is 7. The van der Waals surface area contributed by atoms with Gasteiger partial charge in [-0.2, -0.15) is 0 Å². The van der Waals surface area contributed by atoms with Crippen LogP contribution in [-0.2, 0) is 0 Å². The number of thiazole rings is 1. The molecule has 0 bridgehead atoms. The van der Waals surface area contributed by atoms with Crippen LogP contribution in [0.4, 0.5) is 5.69 Å². The summed E-state index contributed by atoms with van der Waals surface area (Å²) in [6.07, 6.45) is 1.61. The van der Waals surface area contributed by atoms with Crippen LogP contribution in [-0.4, -0.2) is 36.6 Å². The van der Waals surface area contributed by atoms with Gasteiger partial charge in [0.05, 0.1) is 27.0 Å². The van der Waals surface area contributed by atoms with E-state index in [1.807, 2.05) is 0 Å². The average Bonchev–Trinajstić information content (AvgIpc) is 3.11. The molecule has 8 nitrogen and oxygen atoms in total. The van der Waals surface area contributed by atoms with Crippen molar-refractivity contribution in [3.63, 3.8) is 0 Å². The van der Waals surface area contributed by atoms with Gasteiger partial charge in [-0.25, -0.2) is 4.98 Å². The molecule has 26 heavy (non-hydrogen) atoms. The molecule has 0 fully saturated rings. The Morgan fingerprint density at radius 1 is 1.15 bits per heavy atom. The van der Waals surface area contributed by atoms with Gasteiger partial charge in [-0.15, -0.1) is 11.3 Å². The molecule has 1 N–H and O–H groups in total. The molecule has 0 aliphatic heterocycles. The second-order valence-electron chi connectivity index (χ2n) is 5.30. The van der Waals surface area contributed by atoms with Gasteiger partial charge in [0.1, 0.15) is 5.69 Å². The zero-order chi connectivity index (χ0) is 18.8. The van der Waals surface area contributed by atoms with Gasteiger partial charge in [0.15, 0.2) is 16.5 Å². The normalized spacial score (nSPS) is 10.6. The van der Waals surface area contributed by atoms with Crippen molar-refractivity contribution < 1.29 is 19.0 Å². The number of ether oxygens (including phenoxy) is 3. The highest BCUT2D eigenvalue weighted by Crippen LogP contribution is 2.38. The Balaban J connectivity index is 2.02. The lowest BCUT2D eigenvalue weighted by Gasteiger charge is -2.14. The molecule has 0 saturated heterocycles. The minimum atomic E-state index is -0.485. The zero-order valence-electron chi connectivity index (χ0n) is 14.7. The quantitative estimate of drug-likeness (QED) is 0.736. The molecular formula is C17H17N3O5S. The SMILES string of the molecule is COc1cc(C(=O)Nc2c(C)nc3sccn3c2=O)cc(OC)c1OC. The average molecular weight is 375 g/mol. The predicted octanol–water partition coefficient (Wildman–Crippen LogP) is 2.34. The van der Waals surface area contributed by atoms with E-state index in [-0.39, 0.29) is 16.8 Å². The number of methoxy groups -OCH3 is 3. The van der Waals surface area contributed by atoms with Crippen molar-refractivity contribution in [1.82, 2.24) is 9.38 Å². The summed E-state index contributed by atoms with van der Waals surface area (Å²) in [5.74, 6) is 0.583. The van der Waals surface area contributed by atoms with Crippen molar-refractivity contribution in [3.8, 4) is 17.2 Å². The molecule has 0 spiro atoms. The van der Waals surface area contributed by atoms with Gasteiger partial charge in [0, 0.05) is 17.1 Å². The minimum absolute atomic E-state index is 0.125. The van der Waals surface area contributed by atoms with E-state index in [1.54, 1.807) is 18.5 Å². The van der Waals surface area contributed by atoms with Crippen molar-refractivity contribution in [2.24, 2.45) is 0 Å². The summed E-state index contributed by atoms with van der Waals surface area (Å²) in [6, 6.07) is 3.03. The summed E-state index contributed by atoms with van der Waals surface area (Å²) in [5, 5.41) is 4.39. The van der Waals surface area contributed by atoms with Crippen LogP contribution in [0.25, 0.3) is 4.96 Å². The first-order valence-corrected chi connectivity index (χ1v) is 8.46. The number of fused-ring (bicyclic) bond motifs is 1. The molecule has 9 heteroatoms. The number of carbonyl (C=O) groups is 1. The first kappa shape index (κ1) is 17.7. The largest absolute Gasteiger partial charge is 0.493 e. The van der Waals surface area contributed by atoms with Crippen LogP contribution in [0.2, 0.25) is 0 Å². The molecule has 2 aromatic heterocycles. The standard InChI is InChI=1S/C17H17N3O5S/c1-9-13(16(22)20-5-6-26-17(20)18-9)19-15(21)10-7-11(23-2)14(25-4)12(8-10)24-3/h5-8H,1-4H3,(H,19,21). The number of benzene rings is 1. The molecule has 0 atom stereocenters. The predicted molar refractivity (Wildman–Crippen MR) is 98.1 cm³/mol. The highest BCUT2D eigenvalue weighted by Gasteiger charge is 2.19. The van der Waals surface area contributed by atoms with E-state index in [1.165, 1.54) is 49.2 Å². The van der Waals surface area contributed by atoms with E-state index in [0.29, 0.717) is 27.9 Å². The van der Waals surface area contributed by atoms with Gasteiger partial charge < -0.3 is 19.5 Å². The first-order chi connectivity index (χ1) is 12.5. The number of nitrogens with one attached hydrogen (secondary N) is 1. The lowest BCUT2D eigenvalue weighted by molar-refractivity contribution is 0.102. The van der Waals surface area contributed by atoms with Crippen molar-refractivity contribution in [2.45, 2.75) is 6.92 Å². The highest BCUT2D eigenvalue weighted by atomic mass is 32.1. The second kappa shape index (κ2) is 7.04. The molecule has 0 saturated carbocycles. The maximum atomic E-state index is 12.7. The van der Waals surface area contributed by atoms with E-state index in [9.17, 15) is 9.59 Å². The number of rotatable bonds is 5. The second-order valence-corrected chi connectivity index (χ2v) is 6.17. The first-order valence-electron chi connectivity index (χ1n) is 7.58. The van der Waals surface area contributed by atoms with Crippen LogP contribution in [0.15, 0.2) is 28.5 Å². The zero-order valence-corrected chi connectivity index (χ0v) is 15.5. The molecule has 3 aromatic rings. The van der Waals surface area contributed by atoms with Gasteiger partial charge in [-0.05, 0) is 19.1 Å². The van der Waals surface area contributed by atoms with Crippen LogP contribution in [0, 0.1) is 6.92 Å². The molecule has 3 rings (SSSR count). The van der Waals surface area contributed by atoms with Gasteiger partial charge in [-0.3, -0.25) is 14.0 Å². The lowest BCUT2D eigenvalue weighted by atomic mass is 10.1. The maximum Gasteiger partial charge on any atom is 0.282 e. The van der Waals surface area contributed by atoms with Gasteiger partial charge >= 0.3 is 0 Å². The van der Waals surface area contributed by atoms with Crippen molar-refractivity contribution in [1.29, 1.82) is 0 Å². The van der Waals surface area contributed by atoms with Crippen LogP contribution in [0.5, 0.6) is 17.2 Å². The fraction of sp³-hybridized carbons (Fsp3) is 0.235. The number of aromatic nitrogens is 2. The fourth-order valence-corrected chi connectivity index (χ4v) is 3.28. The molecule has 0 radical (unpaired) electrons. The summed E-state index contributed by atoms with van der Waals surface area (Å²) in [6.45, 7) is 1.67. The molecule has 0 aliphatic carbocycles. The summed E-state index contributed by atoms with van der Waals surface area (Å²) >= 11 is 1.35. The van der Waals surface area contributed by atoms with E-state index >= 15 is 0 Å². The van der Waals surface area contributed by atoms with Crippen molar-refractivity contribution in [3.05, 3.63) is 45.3 Å². The summed E-state index contributed by atoms with van der Waals surface area (Å²) < 4.78 is 17.1. The number of hydrogen-bond donors (Lipinski definition) is 1. The Morgan fingerprint density at radius 3 is 2.38 bits per heavy atom. The highest BCUT2D eigenvalue weighted by molar-refractivity contribution is 7.15. The Kier molecular flexibility index (Phi) is 4.81. The molecular weight excluding hydrogens is 358 g/mol. The Morgan fingerprint density at radius 2 is 1.81 bits per heavy atom. The Bertz CT molecular complexity index is 1020. The molecule has 2 heterocycles. The van der Waals surface area contributed by atoms with Gasteiger partial charge in [0.25, 0.3) is 11.5 Å². The number of nitrogens with zero attached hydrogens (tertiary/aromatic N) is 2. The van der Waals surface area contributed by atoms with Crippen LogP contribution < -0.4 is 25.1 Å². The van der Waals surface area contributed by atoms with Crippen molar-refractivity contribution >= 4 is 27.9 Å². The molecule has 1 aromatic carbocycles. The van der Waals surface area contributed by atoms with Crippen LogP contribution in [0.3, 0.4) is 0 Å². The summed E-state index contributed by atoms with van der Waals surface area (Å²) in [4.78, 5) is 30.2. The summed E-state index contributed by atoms with van der Waals surface area (Å²) in [5.41, 5.74) is 0.487. The van der Waals surface area contributed by atoms with E-state index in [4.69, 9.17) is 14.2 Å². The smallest absolute Gasteiger partial charge is 0.282 e. The minimum Gasteiger partial charge on any atom is -0.493 e. The third-order valence-corrected chi connectivity index (χ3v) is 4.57. The third-order valence-electron chi connectivity index (χ3n) is 3.81. The van der Waals surface area contributed by atoms with E-state index in [2.05, 4.69) is 10.3 Å². The van der Waals surface area contributed by atoms with Crippen LogP contribution in [0.1, 0.15) is 16.1 Å². The van der Waals surface area contributed by atoms with Crippen LogP contribution >= 0.6 is 11.3 Å². The van der Waals surface area contributed by atoms with Gasteiger partial charge in [-0.1, -0.05) is 0 Å². The topological polar surface area (TPSA) is 91.2 Å². The lowest BCUT2D eigenvalue weighted by Crippen LogP contribution is -2.24. The Labute approximate surface area is 153 Å². The molecule has 1 amide bonds. The third kappa shape index (κ3) is 2.97. The fourth-order valence-electron chi connectivity index (χ4n) is 2.52.